The number of benzene rings is 1. The molecule has 2 aromatic rings. The van der Waals surface area contributed by atoms with Crippen molar-refractivity contribution in [2.75, 3.05) is 13.1 Å². The highest BCUT2D eigenvalue weighted by atomic mass is 35.5. The molecule has 3 heterocycles. The van der Waals surface area contributed by atoms with Gasteiger partial charge in [-0.3, -0.25) is 14.4 Å². The van der Waals surface area contributed by atoms with Crippen LogP contribution in [-0.2, 0) is 19.1 Å². The Morgan fingerprint density at radius 3 is 2.40 bits per heavy atom. The third-order valence-corrected chi connectivity index (χ3v) is 7.14. The standard InChI is InChI=1S/C26H28ClN3O5/c1-16(35-26(33)19-10-12-29(13-11-19)25(32)18-4-5-18)24(31)30-22(23-3-2-14-34-23)15-21(28-30)17-6-8-20(27)9-7-17/h2-3,6-9,14,16,18-19,22H,4-5,10-13,15H2,1H3/t16-,22-/m0/s1. The fourth-order valence-corrected chi connectivity index (χ4v) is 4.79. The van der Waals surface area contributed by atoms with Crippen molar-refractivity contribution in [2.24, 2.45) is 16.9 Å². The quantitative estimate of drug-likeness (QED) is 0.558. The minimum Gasteiger partial charge on any atom is -0.467 e. The summed E-state index contributed by atoms with van der Waals surface area (Å²) >= 11 is 6.01. The minimum absolute atomic E-state index is 0.178. The number of ether oxygens (including phenoxy) is 1. The summed E-state index contributed by atoms with van der Waals surface area (Å²) in [4.78, 5) is 40.3. The molecule has 35 heavy (non-hydrogen) atoms. The van der Waals surface area contributed by atoms with Crippen molar-refractivity contribution in [3.8, 4) is 0 Å². The number of rotatable bonds is 6. The molecule has 2 fully saturated rings. The SMILES string of the molecule is C[C@H](OC(=O)C1CCN(C(=O)C2CC2)CC1)C(=O)N1N=C(c2ccc(Cl)cc2)C[C@H]1c1ccco1. The molecule has 1 saturated heterocycles. The number of esters is 1. The molecule has 0 radical (unpaired) electrons. The van der Waals surface area contributed by atoms with E-state index in [0.717, 1.165) is 24.1 Å². The van der Waals surface area contributed by atoms with E-state index in [4.69, 9.17) is 20.8 Å². The van der Waals surface area contributed by atoms with Gasteiger partial charge in [0.2, 0.25) is 5.91 Å². The van der Waals surface area contributed by atoms with E-state index >= 15 is 0 Å². The van der Waals surface area contributed by atoms with Crippen LogP contribution in [-0.4, -0.2) is 52.6 Å². The summed E-state index contributed by atoms with van der Waals surface area (Å²) in [5, 5.41) is 6.56. The van der Waals surface area contributed by atoms with Crippen molar-refractivity contribution < 1.29 is 23.5 Å². The molecule has 9 heteroatoms. The number of amides is 2. The molecule has 0 bridgehead atoms. The predicted octanol–water partition coefficient (Wildman–Crippen LogP) is 4.19. The van der Waals surface area contributed by atoms with Crippen molar-refractivity contribution in [1.82, 2.24) is 9.91 Å². The van der Waals surface area contributed by atoms with Crippen LogP contribution >= 0.6 is 11.6 Å². The molecule has 1 aromatic carbocycles. The molecule has 1 aliphatic carbocycles. The topological polar surface area (TPSA) is 92.4 Å². The van der Waals surface area contributed by atoms with Gasteiger partial charge in [0.15, 0.2) is 6.10 Å². The van der Waals surface area contributed by atoms with Crippen LogP contribution in [0.1, 0.15) is 56.4 Å². The molecule has 2 amide bonds. The van der Waals surface area contributed by atoms with E-state index in [9.17, 15) is 14.4 Å². The largest absolute Gasteiger partial charge is 0.467 e. The summed E-state index contributed by atoms with van der Waals surface area (Å²) in [6.45, 7) is 2.68. The van der Waals surface area contributed by atoms with Gasteiger partial charge in [-0.25, -0.2) is 5.01 Å². The highest BCUT2D eigenvalue weighted by Gasteiger charge is 2.40. The van der Waals surface area contributed by atoms with Crippen LogP contribution in [0.2, 0.25) is 5.02 Å². The first-order chi connectivity index (χ1) is 16.9. The van der Waals surface area contributed by atoms with Crippen LogP contribution in [0.25, 0.3) is 0 Å². The molecule has 0 spiro atoms. The van der Waals surface area contributed by atoms with E-state index in [-0.39, 0.29) is 17.7 Å². The smallest absolute Gasteiger partial charge is 0.309 e. The van der Waals surface area contributed by atoms with Crippen molar-refractivity contribution >= 4 is 35.1 Å². The lowest BCUT2D eigenvalue weighted by Gasteiger charge is -2.31. The number of halogens is 1. The molecule has 1 saturated carbocycles. The van der Waals surface area contributed by atoms with Gasteiger partial charge in [-0.1, -0.05) is 23.7 Å². The van der Waals surface area contributed by atoms with Gasteiger partial charge < -0.3 is 14.1 Å². The number of hydrogen-bond acceptors (Lipinski definition) is 6. The van der Waals surface area contributed by atoms with E-state index in [2.05, 4.69) is 5.10 Å². The summed E-state index contributed by atoms with van der Waals surface area (Å²) in [7, 11) is 0. The highest BCUT2D eigenvalue weighted by Crippen LogP contribution is 2.35. The van der Waals surface area contributed by atoms with E-state index in [0.29, 0.717) is 43.1 Å². The Labute approximate surface area is 208 Å². The lowest BCUT2D eigenvalue weighted by Crippen LogP contribution is -2.43. The first-order valence-corrected chi connectivity index (χ1v) is 12.5. The second-order valence-electron chi connectivity index (χ2n) is 9.42. The van der Waals surface area contributed by atoms with Crippen molar-refractivity contribution in [3.05, 3.63) is 59.0 Å². The minimum atomic E-state index is -1.00. The Morgan fingerprint density at radius 1 is 1.06 bits per heavy atom. The number of likely N-dealkylation sites (tertiary alicyclic amines) is 1. The third kappa shape index (κ3) is 5.12. The monoisotopic (exact) mass is 497 g/mol. The number of hydrogen-bond donors (Lipinski definition) is 0. The van der Waals surface area contributed by atoms with Gasteiger partial charge in [0, 0.05) is 30.5 Å². The molecule has 8 nitrogen and oxygen atoms in total. The van der Waals surface area contributed by atoms with Crippen LogP contribution in [0, 0.1) is 11.8 Å². The van der Waals surface area contributed by atoms with Crippen LogP contribution in [0.4, 0.5) is 0 Å². The number of carbonyl (C=O) groups is 3. The van der Waals surface area contributed by atoms with Gasteiger partial charge in [-0.2, -0.15) is 5.10 Å². The molecule has 0 unspecified atom stereocenters. The summed E-state index contributed by atoms with van der Waals surface area (Å²) in [5.41, 5.74) is 1.58. The molecule has 2 aliphatic heterocycles. The molecule has 3 aliphatic rings. The molecular weight excluding hydrogens is 470 g/mol. The first-order valence-electron chi connectivity index (χ1n) is 12.1. The highest BCUT2D eigenvalue weighted by molar-refractivity contribution is 6.30. The second-order valence-corrected chi connectivity index (χ2v) is 9.86. The Kier molecular flexibility index (Phi) is 6.65. The molecule has 5 rings (SSSR count). The number of piperidine rings is 1. The zero-order valence-corrected chi connectivity index (χ0v) is 20.3. The molecule has 2 atom stereocenters. The first kappa shape index (κ1) is 23.6. The lowest BCUT2D eigenvalue weighted by molar-refractivity contribution is -0.165. The van der Waals surface area contributed by atoms with Crippen molar-refractivity contribution in [3.63, 3.8) is 0 Å². The molecular formula is C26H28ClN3O5. The van der Waals surface area contributed by atoms with E-state index in [1.165, 1.54) is 5.01 Å². The van der Waals surface area contributed by atoms with Gasteiger partial charge in [0.25, 0.3) is 5.91 Å². The van der Waals surface area contributed by atoms with E-state index in [1.807, 2.05) is 17.0 Å². The molecule has 1 aromatic heterocycles. The van der Waals surface area contributed by atoms with Gasteiger partial charge >= 0.3 is 5.97 Å². The predicted molar refractivity (Wildman–Crippen MR) is 128 cm³/mol. The Hall–Kier alpha value is -3.13. The summed E-state index contributed by atoms with van der Waals surface area (Å²) in [6, 6.07) is 10.4. The number of carbonyl (C=O) groups excluding carboxylic acids is 3. The number of furan rings is 1. The zero-order valence-electron chi connectivity index (χ0n) is 19.6. The van der Waals surface area contributed by atoms with E-state index in [1.54, 1.807) is 37.5 Å². The van der Waals surface area contributed by atoms with Crippen molar-refractivity contribution in [1.29, 1.82) is 0 Å². The van der Waals surface area contributed by atoms with E-state index < -0.39 is 24.0 Å². The summed E-state index contributed by atoms with van der Waals surface area (Å²) in [6.07, 6.45) is 4.07. The average Bonchev–Trinajstić information content (AvgIpc) is 3.39. The number of hydrazone groups is 1. The second kappa shape index (κ2) is 9.85. The molecule has 0 N–H and O–H groups in total. The third-order valence-electron chi connectivity index (χ3n) is 6.89. The maximum Gasteiger partial charge on any atom is 0.309 e. The van der Waals surface area contributed by atoms with Crippen LogP contribution in [0.3, 0.4) is 0 Å². The maximum atomic E-state index is 13.3. The Balaban J connectivity index is 1.24. The van der Waals surface area contributed by atoms with Crippen molar-refractivity contribution in [2.45, 2.75) is 51.2 Å². The number of nitrogens with zero attached hydrogens (tertiary/aromatic N) is 3. The summed E-state index contributed by atoms with van der Waals surface area (Å²) in [5.74, 6) is -0.145. The Morgan fingerprint density at radius 2 is 1.77 bits per heavy atom. The average molecular weight is 498 g/mol. The zero-order chi connectivity index (χ0) is 24.5. The van der Waals surface area contributed by atoms with Crippen LogP contribution < -0.4 is 0 Å². The van der Waals surface area contributed by atoms with Crippen LogP contribution in [0.15, 0.2) is 52.2 Å². The van der Waals surface area contributed by atoms with Gasteiger partial charge in [-0.05, 0) is 62.4 Å². The van der Waals surface area contributed by atoms with Crippen LogP contribution in [0.5, 0.6) is 0 Å². The van der Waals surface area contributed by atoms with Gasteiger partial charge in [-0.15, -0.1) is 0 Å². The fraction of sp³-hybridized carbons (Fsp3) is 0.462. The normalized spacial score (nSPS) is 21.5. The maximum absolute atomic E-state index is 13.3. The summed E-state index contributed by atoms with van der Waals surface area (Å²) < 4.78 is 11.2. The fourth-order valence-electron chi connectivity index (χ4n) is 4.66. The van der Waals surface area contributed by atoms with Gasteiger partial charge in [0.1, 0.15) is 11.8 Å². The Bertz CT molecular complexity index is 1120. The molecule has 184 valence electrons. The lowest BCUT2D eigenvalue weighted by atomic mass is 9.96. The van der Waals surface area contributed by atoms with Gasteiger partial charge in [0.05, 0.1) is 17.9 Å².